The Labute approximate surface area is 147 Å². The molecule has 0 aliphatic carbocycles. The Hall–Kier alpha value is -1.97. The first kappa shape index (κ1) is 19.4. The number of amides is 2. The highest BCUT2D eigenvalue weighted by atomic mass is 32.2. The van der Waals surface area contributed by atoms with Crippen molar-refractivity contribution in [3.8, 4) is 0 Å². The molecule has 2 rings (SSSR count). The average molecular weight is 368 g/mol. The summed E-state index contributed by atoms with van der Waals surface area (Å²) in [5.41, 5.74) is 6.09. The third-order valence-electron chi connectivity index (χ3n) is 4.30. The van der Waals surface area contributed by atoms with Gasteiger partial charge in [0.2, 0.25) is 21.8 Å². The van der Waals surface area contributed by atoms with Gasteiger partial charge in [0, 0.05) is 12.5 Å². The van der Waals surface area contributed by atoms with Crippen LogP contribution in [-0.2, 0) is 26.0 Å². The van der Waals surface area contributed by atoms with Crippen LogP contribution in [0.15, 0.2) is 29.2 Å². The maximum atomic E-state index is 12.2. The zero-order valence-corrected chi connectivity index (χ0v) is 14.8. The van der Waals surface area contributed by atoms with Crippen molar-refractivity contribution in [2.24, 2.45) is 16.8 Å². The van der Waals surface area contributed by atoms with E-state index in [1.54, 1.807) is 12.1 Å². The number of primary amides is 1. The molecular weight excluding hydrogens is 344 g/mol. The second kappa shape index (κ2) is 8.41. The van der Waals surface area contributed by atoms with E-state index in [-0.39, 0.29) is 29.2 Å². The molecule has 5 N–H and O–H groups in total. The number of hydrogen-bond donors (Lipinski definition) is 3. The van der Waals surface area contributed by atoms with Gasteiger partial charge < -0.3 is 11.1 Å². The summed E-state index contributed by atoms with van der Waals surface area (Å²) in [5, 5.41) is 7.96. The predicted molar refractivity (Wildman–Crippen MR) is 92.9 cm³/mol. The van der Waals surface area contributed by atoms with Crippen molar-refractivity contribution in [1.29, 1.82) is 0 Å². The molecule has 2 amide bonds. The van der Waals surface area contributed by atoms with E-state index in [9.17, 15) is 18.0 Å². The highest BCUT2D eigenvalue weighted by Crippen LogP contribution is 2.17. The molecule has 0 unspecified atom stereocenters. The quantitative estimate of drug-likeness (QED) is 0.578. The van der Waals surface area contributed by atoms with Crippen molar-refractivity contribution in [2.45, 2.75) is 24.2 Å². The molecule has 1 fully saturated rings. The Bertz CT molecular complexity index is 710. The van der Waals surface area contributed by atoms with E-state index < -0.39 is 10.0 Å². The Balaban J connectivity index is 1.73. The Morgan fingerprint density at radius 1 is 1.16 bits per heavy atom. The molecule has 1 aromatic rings. The number of likely N-dealkylation sites (tertiary alicyclic amines) is 1. The van der Waals surface area contributed by atoms with Crippen molar-refractivity contribution in [2.75, 3.05) is 26.2 Å². The molecule has 1 aliphatic rings. The number of hydrogen-bond acceptors (Lipinski definition) is 5. The van der Waals surface area contributed by atoms with Crippen LogP contribution in [0.1, 0.15) is 18.4 Å². The topological polar surface area (TPSA) is 136 Å². The van der Waals surface area contributed by atoms with E-state index >= 15 is 0 Å². The zero-order chi connectivity index (χ0) is 18.4. The number of nitrogens with zero attached hydrogens (tertiary/aromatic N) is 1. The highest BCUT2D eigenvalue weighted by Gasteiger charge is 2.25. The predicted octanol–water partition coefficient (Wildman–Crippen LogP) is -0.810. The van der Waals surface area contributed by atoms with Gasteiger partial charge in [-0.05, 0) is 50.0 Å². The Morgan fingerprint density at radius 2 is 1.76 bits per heavy atom. The number of carbonyl (C=O) groups is 2. The molecule has 1 aromatic carbocycles. The van der Waals surface area contributed by atoms with Gasteiger partial charge in [0.1, 0.15) is 0 Å². The summed E-state index contributed by atoms with van der Waals surface area (Å²) >= 11 is 0. The van der Waals surface area contributed by atoms with Gasteiger partial charge in [0.15, 0.2) is 0 Å². The fourth-order valence-corrected chi connectivity index (χ4v) is 3.41. The number of primary sulfonamides is 1. The molecule has 9 heteroatoms. The molecule has 0 saturated carbocycles. The van der Waals surface area contributed by atoms with Crippen LogP contribution >= 0.6 is 0 Å². The lowest BCUT2D eigenvalue weighted by molar-refractivity contribution is -0.126. The fourth-order valence-electron chi connectivity index (χ4n) is 2.89. The summed E-state index contributed by atoms with van der Waals surface area (Å²) in [6.45, 7) is 2.10. The van der Waals surface area contributed by atoms with Crippen LogP contribution in [-0.4, -0.2) is 51.3 Å². The first-order chi connectivity index (χ1) is 11.8. The molecule has 0 bridgehead atoms. The van der Waals surface area contributed by atoms with E-state index in [4.69, 9.17) is 10.9 Å². The molecule has 0 spiro atoms. The third kappa shape index (κ3) is 6.11. The van der Waals surface area contributed by atoms with Crippen molar-refractivity contribution in [3.05, 3.63) is 29.8 Å². The molecule has 138 valence electrons. The number of piperidine rings is 1. The first-order valence-electron chi connectivity index (χ1n) is 8.16. The van der Waals surface area contributed by atoms with Gasteiger partial charge in [0.25, 0.3) is 0 Å². The Kier molecular flexibility index (Phi) is 6.51. The van der Waals surface area contributed by atoms with Crippen LogP contribution in [0.3, 0.4) is 0 Å². The second-order valence-corrected chi connectivity index (χ2v) is 7.81. The minimum atomic E-state index is -3.68. The summed E-state index contributed by atoms with van der Waals surface area (Å²) in [6.07, 6.45) is 2.03. The van der Waals surface area contributed by atoms with Crippen LogP contribution < -0.4 is 16.2 Å². The minimum Gasteiger partial charge on any atom is -0.369 e. The molecule has 0 radical (unpaired) electrons. The summed E-state index contributed by atoms with van der Waals surface area (Å²) in [6, 6.07) is 6.30. The first-order valence-corrected chi connectivity index (χ1v) is 9.70. The number of nitrogens with one attached hydrogen (secondary N) is 1. The summed E-state index contributed by atoms with van der Waals surface area (Å²) in [5.74, 6) is -0.384. The van der Waals surface area contributed by atoms with Crippen molar-refractivity contribution >= 4 is 21.8 Å². The molecule has 1 saturated heterocycles. The normalized spacial score (nSPS) is 16.5. The van der Waals surface area contributed by atoms with E-state index in [0.717, 1.165) is 5.56 Å². The molecule has 1 heterocycles. The van der Waals surface area contributed by atoms with Crippen molar-refractivity contribution < 1.29 is 18.0 Å². The van der Waals surface area contributed by atoms with Gasteiger partial charge in [-0.25, -0.2) is 13.6 Å². The highest BCUT2D eigenvalue weighted by molar-refractivity contribution is 7.89. The minimum absolute atomic E-state index is 0.0138. The van der Waals surface area contributed by atoms with Gasteiger partial charge in [-0.2, -0.15) is 0 Å². The van der Waals surface area contributed by atoms with Crippen LogP contribution in [0.4, 0.5) is 0 Å². The van der Waals surface area contributed by atoms with Crippen molar-refractivity contribution in [3.63, 3.8) is 0 Å². The number of rotatable bonds is 7. The molecule has 0 aromatic heterocycles. The Morgan fingerprint density at radius 3 is 2.28 bits per heavy atom. The number of sulfonamides is 1. The SMILES string of the molecule is NC(=O)CN1CCC(C(=O)NCCc2ccc(S(N)(=O)=O)cc2)CC1. The fraction of sp³-hybridized carbons (Fsp3) is 0.500. The van der Waals surface area contributed by atoms with Gasteiger partial charge in [0.05, 0.1) is 11.4 Å². The van der Waals surface area contributed by atoms with E-state index in [1.807, 2.05) is 4.90 Å². The van der Waals surface area contributed by atoms with Crippen LogP contribution in [0.25, 0.3) is 0 Å². The lowest BCUT2D eigenvalue weighted by Crippen LogP contribution is -2.43. The monoisotopic (exact) mass is 368 g/mol. The van der Waals surface area contributed by atoms with Gasteiger partial charge in [-0.3, -0.25) is 14.5 Å². The van der Waals surface area contributed by atoms with Crippen LogP contribution in [0.2, 0.25) is 0 Å². The largest absolute Gasteiger partial charge is 0.369 e. The zero-order valence-electron chi connectivity index (χ0n) is 14.0. The molecule has 25 heavy (non-hydrogen) atoms. The number of carbonyl (C=O) groups excluding carboxylic acids is 2. The van der Waals surface area contributed by atoms with Crippen LogP contribution in [0.5, 0.6) is 0 Å². The maximum absolute atomic E-state index is 12.2. The van der Waals surface area contributed by atoms with E-state index in [2.05, 4.69) is 5.32 Å². The van der Waals surface area contributed by atoms with E-state index in [1.165, 1.54) is 12.1 Å². The van der Waals surface area contributed by atoms with E-state index in [0.29, 0.717) is 38.9 Å². The number of nitrogens with two attached hydrogens (primary N) is 2. The summed E-state index contributed by atoms with van der Waals surface area (Å²) in [7, 11) is -3.68. The van der Waals surface area contributed by atoms with Gasteiger partial charge in [-0.1, -0.05) is 12.1 Å². The smallest absolute Gasteiger partial charge is 0.238 e. The van der Waals surface area contributed by atoms with Gasteiger partial charge >= 0.3 is 0 Å². The lowest BCUT2D eigenvalue weighted by atomic mass is 9.96. The van der Waals surface area contributed by atoms with Crippen LogP contribution in [0, 0.1) is 5.92 Å². The average Bonchev–Trinajstić information content (AvgIpc) is 2.54. The molecule has 8 nitrogen and oxygen atoms in total. The maximum Gasteiger partial charge on any atom is 0.238 e. The number of benzene rings is 1. The molecular formula is C16H24N4O4S. The van der Waals surface area contributed by atoms with Crippen molar-refractivity contribution in [1.82, 2.24) is 10.2 Å². The second-order valence-electron chi connectivity index (χ2n) is 6.25. The molecule has 1 aliphatic heterocycles. The molecule has 0 atom stereocenters. The van der Waals surface area contributed by atoms with Gasteiger partial charge in [-0.15, -0.1) is 0 Å². The standard InChI is InChI=1S/C16H24N4O4S/c17-15(21)11-20-9-6-13(7-10-20)16(22)19-8-5-12-1-3-14(4-2-12)25(18,23)24/h1-4,13H,5-11H2,(H2,17,21)(H,19,22)(H2,18,23,24). The lowest BCUT2D eigenvalue weighted by Gasteiger charge is -2.30. The summed E-state index contributed by atoms with van der Waals surface area (Å²) < 4.78 is 22.4. The summed E-state index contributed by atoms with van der Waals surface area (Å²) in [4.78, 5) is 25.1. The third-order valence-corrected chi connectivity index (χ3v) is 5.23.